The number of fused-ring (bicyclic) bond motifs is 1. The molecule has 5 heterocycles. The predicted octanol–water partition coefficient (Wildman–Crippen LogP) is 3.72. The van der Waals surface area contributed by atoms with Crippen LogP contribution in [-0.4, -0.2) is 62.1 Å². The minimum atomic E-state index is -0.703. The molecule has 0 spiro atoms. The zero-order valence-electron chi connectivity index (χ0n) is 18.7. The number of carbonyl (C=O) groups is 1. The van der Waals surface area contributed by atoms with Gasteiger partial charge in [0.05, 0.1) is 5.56 Å². The molecule has 0 unspecified atom stereocenters. The third-order valence-electron chi connectivity index (χ3n) is 5.40. The van der Waals surface area contributed by atoms with E-state index in [9.17, 15) is 9.18 Å². The zero-order chi connectivity index (χ0) is 24.0. The number of hydrogen-bond donors (Lipinski definition) is 0. The van der Waals surface area contributed by atoms with Crippen molar-refractivity contribution in [2.24, 2.45) is 0 Å². The van der Waals surface area contributed by atoms with Crippen LogP contribution < -0.4 is 4.90 Å². The first kappa shape index (κ1) is 22.2. The van der Waals surface area contributed by atoms with E-state index in [1.165, 1.54) is 6.20 Å². The van der Waals surface area contributed by atoms with Crippen LogP contribution in [0.5, 0.6) is 0 Å². The molecule has 4 aromatic rings. The van der Waals surface area contributed by atoms with Crippen LogP contribution in [0.15, 0.2) is 33.2 Å². The SMILES string of the molecule is CC(C)(C)c1nnc(-c2ncc(C(=O)N3CCN(c4nc5nc(Cl)ccc5o4)CC3)cc2F)o1. The van der Waals surface area contributed by atoms with E-state index in [0.717, 1.165) is 6.07 Å². The summed E-state index contributed by atoms with van der Waals surface area (Å²) in [6.45, 7) is 7.54. The molecular formula is C22H21ClFN7O3. The van der Waals surface area contributed by atoms with Gasteiger partial charge in [-0.15, -0.1) is 10.2 Å². The monoisotopic (exact) mass is 485 g/mol. The molecule has 1 aliphatic heterocycles. The van der Waals surface area contributed by atoms with Crippen molar-refractivity contribution in [2.75, 3.05) is 31.1 Å². The highest BCUT2D eigenvalue weighted by Gasteiger charge is 2.27. The van der Waals surface area contributed by atoms with E-state index >= 15 is 0 Å². The molecule has 0 N–H and O–H groups in total. The summed E-state index contributed by atoms with van der Waals surface area (Å²) in [7, 11) is 0. The summed E-state index contributed by atoms with van der Waals surface area (Å²) in [5.74, 6) is -0.667. The lowest BCUT2D eigenvalue weighted by Gasteiger charge is -2.33. The lowest BCUT2D eigenvalue weighted by Crippen LogP contribution is -2.49. The third-order valence-corrected chi connectivity index (χ3v) is 5.61. The quantitative estimate of drug-likeness (QED) is 0.400. The van der Waals surface area contributed by atoms with Crippen LogP contribution in [0, 0.1) is 5.82 Å². The van der Waals surface area contributed by atoms with E-state index in [0.29, 0.717) is 54.5 Å². The molecule has 34 heavy (non-hydrogen) atoms. The van der Waals surface area contributed by atoms with Crippen molar-refractivity contribution in [1.29, 1.82) is 0 Å². The molecule has 0 bridgehead atoms. The van der Waals surface area contributed by atoms with E-state index in [1.54, 1.807) is 17.0 Å². The smallest absolute Gasteiger partial charge is 0.300 e. The highest BCUT2D eigenvalue weighted by atomic mass is 35.5. The molecule has 0 radical (unpaired) electrons. The van der Waals surface area contributed by atoms with E-state index in [2.05, 4.69) is 25.1 Å². The average molecular weight is 486 g/mol. The van der Waals surface area contributed by atoms with Gasteiger partial charge in [0.25, 0.3) is 17.8 Å². The Morgan fingerprint density at radius 1 is 1.09 bits per heavy atom. The Labute approximate surface area is 198 Å². The fraction of sp³-hybridized carbons (Fsp3) is 0.364. The number of oxazole rings is 1. The molecular weight excluding hydrogens is 465 g/mol. The van der Waals surface area contributed by atoms with Gasteiger partial charge in [0, 0.05) is 37.8 Å². The summed E-state index contributed by atoms with van der Waals surface area (Å²) < 4.78 is 26.1. The molecule has 176 valence electrons. The topological polar surface area (TPSA) is 114 Å². The molecule has 10 nitrogen and oxygen atoms in total. The zero-order valence-corrected chi connectivity index (χ0v) is 19.5. The fourth-order valence-corrected chi connectivity index (χ4v) is 3.68. The number of rotatable bonds is 3. The molecule has 1 fully saturated rings. The molecule has 4 aromatic heterocycles. The summed E-state index contributed by atoms with van der Waals surface area (Å²) in [5.41, 5.74) is 0.648. The first-order chi connectivity index (χ1) is 16.2. The first-order valence-corrected chi connectivity index (χ1v) is 11.0. The maximum absolute atomic E-state index is 14.8. The Kier molecular flexibility index (Phi) is 5.43. The van der Waals surface area contributed by atoms with Crippen LogP contribution in [0.4, 0.5) is 10.4 Å². The summed E-state index contributed by atoms with van der Waals surface area (Å²) in [6.07, 6.45) is 1.32. The number of hydrogen-bond acceptors (Lipinski definition) is 9. The van der Waals surface area contributed by atoms with E-state index in [-0.39, 0.29) is 28.5 Å². The normalized spacial score (nSPS) is 14.7. The Bertz CT molecular complexity index is 1370. The second-order valence-electron chi connectivity index (χ2n) is 8.95. The molecule has 0 aromatic carbocycles. The van der Waals surface area contributed by atoms with Gasteiger partial charge in [0.15, 0.2) is 17.1 Å². The number of anilines is 1. The summed E-state index contributed by atoms with van der Waals surface area (Å²) in [6, 6.07) is 4.91. The van der Waals surface area contributed by atoms with Crippen LogP contribution in [0.25, 0.3) is 22.8 Å². The predicted molar refractivity (Wildman–Crippen MR) is 121 cm³/mol. The van der Waals surface area contributed by atoms with Gasteiger partial charge in [0.1, 0.15) is 5.15 Å². The van der Waals surface area contributed by atoms with Crippen molar-refractivity contribution in [3.05, 3.63) is 46.8 Å². The molecule has 0 saturated carbocycles. The molecule has 5 rings (SSSR count). The second kappa shape index (κ2) is 8.32. The van der Waals surface area contributed by atoms with Crippen molar-refractivity contribution < 1.29 is 18.0 Å². The van der Waals surface area contributed by atoms with Gasteiger partial charge >= 0.3 is 0 Å². The molecule has 1 saturated heterocycles. The molecule has 1 amide bonds. The largest absolute Gasteiger partial charge is 0.422 e. The van der Waals surface area contributed by atoms with Crippen molar-refractivity contribution in [3.63, 3.8) is 0 Å². The number of amides is 1. The summed E-state index contributed by atoms with van der Waals surface area (Å²) in [5, 5.41) is 8.19. The first-order valence-electron chi connectivity index (χ1n) is 10.7. The number of carbonyl (C=O) groups excluding carboxylic acids is 1. The fourth-order valence-electron chi connectivity index (χ4n) is 3.54. The Balaban J connectivity index is 1.27. The van der Waals surface area contributed by atoms with E-state index in [4.69, 9.17) is 20.4 Å². The third kappa shape index (κ3) is 4.18. The lowest BCUT2D eigenvalue weighted by atomic mass is 9.97. The van der Waals surface area contributed by atoms with Gasteiger partial charge in [-0.25, -0.2) is 14.4 Å². The van der Waals surface area contributed by atoms with Gasteiger partial charge in [-0.2, -0.15) is 4.98 Å². The van der Waals surface area contributed by atoms with Crippen molar-refractivity contribution in [1.82, 2.24) is 30.0 Å². The number of nitrogens with zero attached hydrogens (tertiary/aromatic N) is 7. The summed E-state index contributed by atoms with van der Waals surface area (Å²) >= 11 is 5.91. The summed E-state index contributed by atoms with van der Waals surface area (Å²) in [4.78, 5) is 29.1. The van der Waals surface area contributed by atoms with E-state index in [1.807, 2.05) is 25.7 Å². The van der Waals surface area contributed by atoms with Crippen LogP contribution >= 0.6 is 11.6 Å². The van der Waals surface area contributed by atoms with Crippen LogP contribution in [0.3, 0.4) is 0 Å². The minimum absolute atomic E-state index is 0.0239. The van der Waals surface area contributed by atoms with Gasteiger partial charge < -0.3 is 18.6 Å². The Morgan fingerprint density at radius 3 is 2.53 bits per heavy atom. The number of pyridine rings is 2. The number of piperazine rings is 1. The van der Waals surface area contributed by atoms with Crippen LogP contribution in [-0.2, 0) is 5.41 Å². The van der Waals surface area contributed by atoms with Crippen molar-refractivity contribution in [2.45, 2.75) is 26.2 Å². The van der Waals surface area contributed by atoms with Gasteiger partial charge in [-0.1, -0.05) is 32.4 Å². The van der Waals surface area contributed by atoms with Crippen LogP contribution in [0.2, 0.25) is 5.15 Å². The maximum atomic E-state index is 14.8. The molecule has 12 heteroatoms. The van der Waals surface area contributed by atoms with Crippen LogP contribution in [0.1, 0.15) is 37.0 Å². The highest BCUT2D eigenvalue weighted by molar-refractivity contribution is 6.29. The van der Waals surface area contributed by atoms with Gasteiger partial charge in [0.2, 0.25) is 11.5 Å². The highest BCUT2D eigenvalue weighted by Crippen LogP contribution is 2.27. The second-order valence-corrected chi connectivity index (χ2v) is 9.34. The van der Waals surface area contributed by atoms with E-state index < -0.39 is 5.82 Å². The van der Waals surface area contributed by atoms with Crippen molar-refractivity contribution >= 4 is 34.8 Å². The standard InChI is InChI=1S/C22H21ClFN7O3/c1-22(2,3)20-29-28-18(34-20)16-13(24)10-12(11-25-16)19(32)30-6-8-31(9-7-30)21-27-17-14(33-21)4-5-15(23)26-17/h4-5,10-11H,6-9H2,1-3H3. The maximum Gasteiger partial charge on any atom is 0.300 e. The molecule has 0 aliphatic carbocycles. The van der Waals surface area contributed by atoms with Gasteiger partial charge in [-0.05, 0) is 18.2 Å². The van der Waals surface area contributed by atoms with Gasteiger partial charge in [-0.3, -0.25) is 4.79 Å². The number of halogens is 2. The molecule has 1 aliphatic rings. The average Bonchev–Trinajstić information content (AvgIpc) is 3.46. The Hall–Kier alpha value is -3.60. The Morgan fingerprint density at radius 2 is 1.85 bits per heavy atom. The minimum Gasteiger partial charge on any atom is -0.422 e. The lowest BCUT2D eigenvalue weighted by molar-refractivity contribution is 0.0744. The molecule has 0 atom stereocenters. The van der Waals surface area contributed by atoms with Crippen molar-refractivity contribution in [3.8, 4) is 11.6 Å². The number of aromatic nitrogens is 5.